The van der Waals surface area contributed by atoms with Crippen LogP contribution in [0.4, 0.5) is 0 Å². The number of aromatic nitrogens is 3. The van der Waals surface area contributed by atoms with E-state index in [0.717, 1.165) is 72.0 Å². The van der Waals surface area contributed by atoms with Crippen molar-refractivity contribution >= 4 is 5.71 Å². The molecule has 1 aliphatic rings. The summed E-state index contributed by atoms with van der Waals surface area (Å²) in [6, 6.07) is 13.2. The third-order valence-electron chi connectivity index (χ3n) is 5.15. The molecule has 0 amide bonds. The Morgan fingerprint density at radius 1 is 1.10 bits per heavy atom. The Bertz CT molecular complexity index is 1130. The van der Waals surface area contributed by atoms with Crippen LogP contribution in [0.5, 0.6) is 0 Å². The Morgan fingerprint density at radius 2 is 2.00 bits per heavy atom. The molecule has 0 bridgehead atoms. The minimum atomic E-state index is -0.0186. The predicted octanol–water partition coefficient (Wildman–Crippen LogP) is 4.14. The molecule has 6 heteroatoms. The van der Waals surface area contributed by atoms with Gasteiger partial charge in [0.2, 0.25) is 0 Å². The van der Waals surface area contributed by atoms with Crippen molar-refractivity contribution in [3.05, 3.63) is 81.0 Å². The van der Waals surface area contributed by atoms with E-state index in [1.165, 1.54) is 5.56 Å². The number of nitrogens with zero attached hydrogens (tertiary/aromatic N) is 3. The summed E-state index contributed by atoms with van der Waals surface area (Å²) in [5.74, 6) is 0. The maximum atomic E-state index is 11.8. The zero-order chi connectivity index (χ0) is 20.9. The lowest BCUT2D eigenvalue weighted by molar-refractivity contribution is 0.141. The van der Waals surface area contributed by atoms with Crippen molar-refractivity contribution in [3.8, 4) is 11.4 Å². The molecule has 0 aromatic carbocycles. The molecule has 0 radical (unpaired) electrons. The number of hydrogen-bond acceptors (Lipinski definition) is 5. The number of aryl methyl sites for hydroxylation is 4. The van der Waals surface area contributed by atoms with Gasteiger partial charge in [-0.2, -0.15) is 0 Å². The molecule has 0 atom stereocenters. The first-order valence-electron chi connectivity index (χ1n) is 10.4. The molecule has 6 nitrogen and oxygen atoms in total. The average molecular weight is 402 g/mol. The molecular weight excluding hydrogens is 376 g/mol. The highest BCUT2D eigenvalue weighted by Gasteiger charge is 2.17. The highest BCUT2D eigenvalue weighted by atomic mass is 16.6. The fourth-order valence-corrected chi connectivity index (χ4v) is 3.72. The lowest BCUT2D eigenvalue weighted by Crippen LogP contribution is -2.15. The van der Waals surface area contributed by atoms with Crippen molar-refractivity contribution in [1.82, 2.24) is 15.0 Å². The van der Waals surface area contributed by atoms with Crippen LogP contribution in [-0.4, -0.2) is 27.3 Å². The van der Waals surface area contributed by atoms with E-state index in [4.69, 9.17) is 4.84 Å². The van der Waals surface area contributed by atoms with Gasteiger partial charge in [-0.3, -0.25) is 14.8 Å². The summed E-state index contributed by atoms with van der Waals surface area (Å²) in [6.45, 7) is 4.40. The van der Waals surface area contributed by atoms with Crippen LogP contribution < -0.4 is 5.43 Å². The summed E-state index contributed by atoms with van der Waals surface area (Å²) in [7, 11) is 0. The zero-order valence-electron chi connectivity index (χ0n) is 17.4. The summed E-state index contributed by atoms with van der Waals surface area (Å²) in [5.41, 5.74) is 7.48. The standard InChI is InChI=1S/C24H26N4O2/c1-16-11-12-18-6-3-10-22(24(18)26-16)28-30-13-5-8-19-7-4-9-21(27-19)23-15-20(29)14-17(2)25-23/h4,7,9,11-12,14-15H,3,5-6,8,10,13H2,1-2H3,(H,25,29). The van der Waals surface area contributed by atoms with Crippen molar-refractivity contribution < 1.29 is 4.84 Å². The number of rotatable bonds is 6. The Labute approximate surface area is 176 Å². The molecule has 3 heterocycles. The van der Waals surface area contributed by atoms with Crippen molar-refractivity contribution in [1.29, 1.82) is 0 Å². The second kappa shape index (κ2) is 9.03. The Hall–Kier alpha value is -3.28. The highest BCUT2D eigenvalue weighted by Crippen LogP contribution is 2.21. The molecule has 30 heavy (non-hydrogen) atoms. The number of H-pyrrole nitrogens is 1. The molecule has 0 saturated carbocycles. The van der Waals surface area contributed by atoms with Gasteiger partial charge < -0.3 is 9.82 Å². The first-order chi connectivity index (χ1) is 14.6. The van der Waals surface area contributed by atoms with Crippen molar-refractivity contribution in [2.24, 2.45) is 5.16 Å². The number of fused-ring (bicyclic) bond motifs is 1. The topological polar surface area (TPSA) is 80.2 Å². The Kier molecular flexibility index (Phi) is 6.02. The van der Waals surface area contributed by atoms with Crippen LogP contribution in [0.1, 0.15) is 47.6 Å². The zero-order valence-corrected chi connectivity index (χ0v) is 17.4. The van der Waals surface area contributed by atoms with Crippen LogP contribution >= 0.6 is 0 Å². The normalized spacial score (nSPS) is 14.5. The molecule has 0 unspecified atom stereocenters. The smallest absolute Gasteiger partial charge is 0.182 e. The lowest BCUT2D eigenvalue weighted by Gasteiger charge is -2.16. The number of hydrogen-bond donors (Lipinski definition) is 1. The van der Waals surface area contributed by atoms with Crippen molar-refractivity contribution in [2.75, 3.05) is 6.61 Å². The summed E-state index contributed by atoms with van der Waals surface area (Å²) in [6.07, 6.45) is 4.63. The van der Waals surface area contributed by atoms with Gasteiger partial charge in [0.05, 0.1) is 17.1 Å². The monoisotopic (exact) mass is 402 g/mol. The summed E-state index contributed by atoms with van der Waals surface area (Å²) < 4.78 is 0. The molecule has 0 fully saturated rings. The molecule has 0 saturated heterocycles. The second-order valence-corrected chi connectivity index (χ2v) is 7.72. The van der Waals surface area contributed by atoms with Gasteiger partial charge in [0, 0.05) is 29.2 Å². The van der Waals surface area contributed by atoms with Gasteiger partial charge in [-0.05, 0) is 69.7 Å². The SMILES string of the molecule is Cc1ccc2c(n1)C(=NOCCCc1cccc(-c3cc(=O)cc(C)[nH]3)n1)CCC2. The van der Waals surface area contributed by atoms with Gasteiger partial charge in [-0.1, -0.05) is 17.3 Å². The molecule has 1 N–H and O–H groups in total. The average Bonchev–Trinajstić information content (AvgIpc) is 2.73. The largest absolute Gasteiger partial charge is 0.396 e. The molecule has 154 valence electrons. The summed E-state index contributed by atoms with van der Waals surface area (Å²) in [5, 5.41) is 4.38. The van der Waals surface area contributed by atoms with Gasteiger partial charge in [-0.25, -0.2) is 0 Å². The predicted molar refractivity (Wildman–Crippen MR) is 118 cm³/mol. The van der Waals surface area contributed by atoms with Crippen LogP contribution in [0.25, 0.3) is 11.4 Å². The van der Waals surface area contributed by atoms with E-state index in [1.54, 1.807) is 12.1 Å². The van der Waals surface area contributed by atoms with Gasteiger partial charge in [0.25, 0.3) is 0 Å². The van der Waals surface area contributed by atoms with Crippen LogP contribution in [-0.2, 0) is 17.7 Å². The second-order valence-electron chi connectivity index (χ2n) is 7.72. The van der Waals surface area contributed by atoms with Crippen LogP contribution in [0.3, 0.4) is 0 Å². The van der Waals surface area contributed by atoms with E-state index >= 15 is 0 Å². The van der Waals surface area contributed by atoms with Gasteiger partial charge >= 0.3 is 0 Å². The van der Waals surface area contributed by atoms with Crippen LogP contribution in [0.2, 0.25) is 0 Å². The highest BCUT2D eigenvalue weighted by molar-refractivity contribution is 6.00. The third-order valence-corrected chi connectivity index (χ3v) is 5.15. The summed E-state index contributed by atoms with van der Waals surface area (Å²) in [4.78, 5) is 29.9. The van der Waals surface area contributed by atoms with Crippen molar-refractivity contribution in [2.45, 2.75) is 46.0 Å². The Morgan fingerprint density at radius 3 is 2.87 bits per heavy atom. The van der Waals surface area contributed by atoms with Crippen LogP contribution in [0, 0.1) is 13.8 Å². The fourth-order valence-electron chi connectivity index (χ4n) is 3.72. The summed E-state index contributed by atoms with van der Waals surface area (Å²) >= 11 is 0. The van der Waals surface area contributed by atoms with E-state index in [-0.39, 0.29) is 5.43 Å². The van der Waals surface area contributed by atoms with Crippen molar-refractivity contribution in [3.63, 3.8) is 0 Å². The Balaban J connectivity index is 1.35. The molecule has 0 aliphatic heterocycles. The minimum absolute atomic E-state index is 0.0186. The van der Waals surface area contributed by atoms with Gasteiger partial charge in [0.1, 0.15) is 12.3 Å². The fraction of sp³-hybridized carbons (Fsp3) is 0.333. The maximum absolute atomic E-state index is 11.8. The van der Waals surface area contributed by atoms with Gasteiger partial charge in [-0.15, -0.1) is 0 Å². The van der Waals surface area contributed by atoms with E-state index in [0.29, 0.717) is 6.61 Å². The molecule has 1 aliphatic carbocycles. The van der Waals surface area contributed by atoms with E-state index in [2.05, 4.69) is 32.2 Å². The molecule has 3 aromatic heterocycles. The first-order valence-corrected chi connectivity index (χ1v) is 10.4. The molecule has 4 rings (SSSR count). The van der Waals surface area contributed by atoms with E-state index < -0.39 is 0 Å². The van der Waals surface area contributed by atoms with E-state index in [9.17, 15) is 4.79 Å². The van der Waals surface area contributed by atoms with E-state index in [1.807, 2.05) is 32.0 Å². The number of pyridine rings is 3. The third kappa shape index (κ3) is 4.82. The quantitative estimate of drug-likeness (QED) is 0.496. The lowest BCUT2D eigenvalue weighted by atomic mass is 9.94. The van der Waals surface area contributed by atoms with Crippen LogP contribution in [0.15, 0.2) is 52.4 Å². The molecular formula is C24H26N4O2. The molecule has 3 aromatic rings. The number of nitrogens with one attached hydrogen (secondary N) is 1. The molecule has 0 spiro atoms. The first kappa shape index (κ1) is 20.0. The van der Waals surface area contributed by atoms with Gasteiger partial charge in [0.15, 0.2) is 5.43 Å². The maximum Gasteiger partial charge on any atom is 0.182 e. The minimum Gasteiger partial charge on any atom is -0.396 e. The number of aromatic amines is 1. The number of oxime groups is 1.